The number of carbonyl (C=O) groups is 1. The first-order chi connectivity index (χ1) is 12.0. The van der Waals surface area contributed by atoms with Gasteiger partial charge in [0.05, 0.1) is 0 Å². The Balaban J connectivity index is 1.61. The number of nitrogens with one attached hydrogen (secondary N) is 1. The lowest BCUT2D eigenvalue weighted by Crippen LogP contribution is -2.14. The van der Waals surface area contributed by atoms with Gasteiger partial charge in [0.1, 0.15) is 11.6 Å². The third-order valence-corrected chi connectivity index (χ3v) is 3.87. The van der Waals surface area contributed by atoms with E-state index in [0.717, 1.165) is 5.56 Å². The summed E-state index contributed by atoms with van der Waals surface area (Å²) in [5, 5.41) is 7.40. The molecule has 0 aliphatic carbocycles. The van der Waals surface area contributed by atoms with Gasteiger partial charge in [-0.2, -0.15) is 5.10 Å². The van der Waals surface area contributed by atoms with E-state index in [9.17, 15) is 9.18 Å². The molecule has 0 fully saturated rings. The molecule has 0 radical (unpaired) electrons. The fourth-order valence-electron chi connectivity index (χ4n) is 2.16. The second-order valence-electron chi connectivity index (χ2n) is 5.39. The van der Waals surface area contributed by atoms with Gasteiger partial charge in [0.15, 0.2) is 12.4 Å². The Labute approximate surface area is 149 Å². The van der Waals surface area contributed by atoms with Crippen molar-refractivity contribution in [3.05, 3.63) is 76.8 Å². The Hall–Kier alpha value is -2.86. The molecular weight excluding hydrogens is 345 g/mol. The predicted molar refractivity (Wildman–Crippen MR) is 93.4 cm³/mol. The molecule has 0 atom stereocenters. The summed E-state index contributed by atoms with van der Waals surface area (Å²) >= 11 is 5.97. The molecule has 0 saturated heterocycles. The van der Waals surface area contributed by atoms with Crippen LogP contribution >= 0.6 is 11.6 Å². The van der Waals surface area contributed by atoms with Crippen LogP contribution in [0.4, 0.5) is 10.1 Å². The Bertz CT molecular complexity index is 911. The van der Waals surface area contributed by atoms with Crippen molar-refractivity contribution in [2.75, 3.05) is 5.32 Å². The Kier molecular flexibility index (Phi) is 5.00. The standard InChI is InChI=1S/C18H15ClFN3O2/c1-12-9-15(5-6-16(12)19)25-11-23-8-7-17(22-23)18(24)21-14-4-2-3-13(20)10-14/h2-10H,11H2,1H3,(H,21,24). The van der Waals surface area contributed by atoms with Gasteiger partial charge >= 0.3 is 0 Å². The Morgan fingerprint density at radius 1 is 1.28 bits per heavy atom. The van der Waals surface area contributed by atoms with Crippen LogP contribution in [0, 0.1) is 12.7 Å². The SMILES string of the molecule is Cc1cc(OCn2ccc(C(=O)Nc3cccc(F)c3)n2)ccc1Cl. The van der Waals surface area contributed by atoms with Crippen LogP contribution in [0.2, 0.25) is 5.02 Å². The largest absolute Gasteiger partial charge is 0.471 e. The molecule has 3 aromatic rings. The normalized spacial score (nSPS) is 10.5. The van der Waals surface area contributed by atoms with Gasteiger partial charge in [0, 0.05) is 16.9 Å². The third kappa shape index (κ3) is 4.36. The molecule has 7 heteroatoms. The van der Waals surface area contributed by atoms with Crippen molar-refractivity contribution in [1.82, 2.24) is 9.78 Å². The van der Waals surface area contributed by atoms with Crippen LogP contribution in [-0.2, 0) is 6.73 Å². The number of hydrogen-bond donors (Lipinski definition) is 1. The summed E-state index contributed by atoms with van der Waals surface area (Å²) in [7, 11) is 0. The predicted octanol–water partition coefficient (Wildman–Crippen LogP) is 4.27. The first-order valence-electron chi connectivity index (χ1n) is 7.50. The summed E-state index contributed by atoms with van der Waals surface area (Å²) in [6.45, 7) is 2.03. The molecular formula is C18H15ClFN3O2. The zero-order valence-electron chi connectivity index (χ0n) is 13.4. The number of ether oxygens (including phenoxy) is 1. The maximum absolute atomic E-state index is 13.1. The van der Waals surface area contributed by atoms with Crippen LogP contribution in [0.25, 0.3) is 0 Å². The number of halogens is 2. The van der Waals surface area contributed by atoms with E-state index in [1.807, 2.05) is 13.0 Å². The van der Waals surface area contributed by atoms with Gasteiger partial charge in [-0.1, -0.05) is 17.7 Å². The summed E-state index contributed by atoms with van der Waals surface area (Å²) in [5.41, 5.74) is 1.49. The minimum absolute atomic E-state index is 0.147. The zero-order chi connectivity index (χ0) is 17.8. The lowest BCUT2D eigenvalue weighted by Gasteiger charge is -2.07. The highest BCUT2D eigenvalue weighted by atomic mass is 35.5. The van der Waals surface area contributed by atoms with Gasteiger partial charge < -0.3 is 10.1 Å². The molecule has 0 aliphatic rings. The lowest BCUT2D eigenvalue weighted by molar-refractivity contribution is 0.102. The molecule has 0 spiro atoms. The first-order valence-corrected chi connectivity index (χ1v) is 7.88. The summed E-state index contributed by atoms with van der Waals surface area (Å²) in [6.07, 6.45) is 1.63. The lowest BCUT2D eigenvalue weighted by atomic mass is 10.2. The average Bonchev–Trinajstić information content (AvgIpc) is 3.05. The van der Waals surface area contributed by atoms with E-state index in [4.69, 9.17) is 16.3 Å². The van der Waals surface area contributed by atoms with E-state index in [-0.39, 0.29) is 12.4 Å². The van der Waals surface area contributed by atoms with E-state index in [0.29, 0.717) is 16.5 Å². The average molecular weight is 360 g/mol. The fourth-order valence-corrected chi connectivity index (χ4v) is 2.28. The van der Waals surface area contributed by atoms with Crippen molar-refractivity contribution < 1.29 is 13.9 Å². The zero-order valence-corrected chi connectivity index (χ0v) is 14.1. The van der Waals surface area contributed by atoms with E-state index in [1.165, 1.54) is 22.9 Å². The topological polar surface area (TPSA) is 56.1 Å². The van der Waals surface area contributed by atoms with Crippen molar-refractivity contribution in [3.63, 3.8) is 0 Å². The van der Waals surface area contributed by atoms with Gasteiger partial charge in [0.2, 0.25) is 0 Å². The highest BCUT2D eigenvalue weighted by Gasteiger charge is 2.10. The van der Waals surface area contributed by atoms with E-state index in [2.05, 4.69) is 10.4 Å². The van der Waals surface area contributed by atoms with E-state index < -0.39 is 11.7 Å². The summed E-state index contributed by atoms with van der Waals surface area (Å²) in [4.78, 5) is 12.1. The number of benzene rings is 2. The van der Waals surface area contributed by atoms with E-state index >= 15 is 0 Å². The number of rotatable bonds is 5. The molecule has 1 aromatic heterocycles. The molecule has 0 saturated carbocycles. The molecule has 0 unspecified atom stereocenters. The summed E-state index contributed by atoms with van der Waals surface area (Å²) < 4.78 is 20.2. The molecule has 5 nitrogen and oxygen atoms in total. The molecule has 1 N–H and O–H groups in total. The van der Waals surface area contributed by atoms with Crippen LogP contribution in [0.1, 0.15) is 16.1 Å². The number of carbonyl (C=O) groups excluding carboxylic acids is 1. The molecule has 128 valence electrons. The number of aryl methyl sites for hydroxylation is 1. The monoisotopic (exact) mass is 359 g/mol. The number of hydrogen-bond acceptors (Lipinski definition) is 3. The van der Waals surface area contributed by atoms with Crippen molar-refractivity contribution in [3.8, 4) is 5.75 Å². The summed E-state index contributed by atoms with van der Waals surface area (Å²) in [5.74, 6) is -0.190. The molecule has 3 rings (SSSR count). The van der Waals surface area contributed by atoms with Gasteiger partial charge in [0.25, 0.3) is 5.91 Å². The van der Waals surface area contributed by atoms with Crippen LogP contribution in [-0.4, -0.2) is 15.7 Å². The molecule has 2 aromatic carbocycles. The van der Waals surface area contributed by atoms with Crippen molar-refractivity contribution >= 4 is 23.2 Å². The third-order valence-electron chi connectivity index (χ3n) is 3.45. The summed E-state index contributed by atoms with van der Waals surface area (Å²) in [6, 6.07) is 12.6. The van der Waals surface area contributed by atoms with Crippen LogP contribution in [0.15, 0.2) is 54.7 Å². The molecule has 0 bridgehead atoms. The second-order valence-corrected chi connectivity index (χ2v) is 5.80. The molecule has 25 heavy (non-hydrogen) atoms. The maximum Gasteiger partial charge on any atom is 0.276 e. The van der Waals surface area contributed by atoms with E-state index in [1.54, 1.807) is 30.5 Å². The molecule has 1 amide bonds. The van der Waals surface area contributed by atoms with Gasteiger partial charge in [-0.3, -0.25) is 4.79 Å². The van der Waals surface area contributed by atoms with Crippen molar-refractivity contribution in [2.45, 2.75) is 13.7 Å². The fraction of sp³-hybridized carbons (Fsp3) is 0.111. The van der Waals surface area contributed by atoms with Crippen molar-refractivity contribution in [1.29, 1.82) is 0 Å². The van der Waals surface area contributed by atoms with Crippen LogP contribution in [0.3, 0.4) is 0 Å². The highest BCUT2D eigenvalue weighted by Crippen LogP contribution is 2.21. The number of aromatic nitrogens is 2. The second kappa shape index (κ2) is 7.36. The number of anilines is 1. The maximum atomic E-state index is 13.1. The minimum Gasteiger partial charge on any atom is -0.471 e. The molecule has 1 heterocycles. The minimum atomic E-state index is -0.424. The quantitative estimate of drug-likeness (QED) is 0.740. The number of nitrogens with zero attached hydrogens (tertiary/aromatic N) is 2. The van der Waals surface area contributed by atoms with Gasteiger partial charge in [-0.15, -0.1) is 0 Å². The first kappa shape index (κ1) is 17.0. The molecule has 0 aliphatic heterocycles. The van der Waals surface area contributed by atoms with Gasteiger partial charge in [-0.05, 0) is 55.0 Å². The van der Waals surface area contributed by atoms with Gasteiger partial charge in [-0.25, -0.2) is 9.07 Å². The Morgan fingerprint density at radius 3 is 2.88 bits per heavy atom. The number of amides is 1. The smallest absolute Gasteiger partial charge is 0.276 e. The van der Waals surface area contributed by atoms with Crippen molar-refractivity contribution in [2.24, 2.45) is 0 Å². The highest BCUT2D eigenvalue weighted by molar-refractivity contribution is 6.31. The van der Waals surface area contributed by atoms with Crippen LogP contribution in [0.5, 0.6) is 5.75 Å². The Morgan fingerprint density at radius 2 is 2.12 bits per heavy atom. The van der Waals surface area contributed by atoms with Crippen LogP contribution < -0.4 is 10.1 Å².